The molecule has 4 bridgehead atoms. The van der Waals surface area contributed by atoms with E-state index in [1.54, 1.807) is 0 Å². The van der Waals surface area contributed by atoms with Gasteiger partial charge in [-0.1, -0.05) is 26.0 Å². The summed E-state index contributed by atoms with van der Waals surface area (Å²) >= 11 is 0. The molecule has 5 rings (SSSR count). The predicted octanol–water partition coefficient (Wildman–Crippen LogP) is 5.41. The van der Waals surface area contributed by atoms with E-state index >= 15 is 0 Å². The van der Waals surface area contributed by atoms with Crippen LogP contribution in [0.25, 0.3) is 0 Å². The number of anilines is 1. The number of benzene rings is 1. The second-order valence-electron chi connectivity index (χ2n) is 8.52. The number of rotatable bonds is 6. The van der Waals surface area contributed by atoms with Gasteiger partial charge in [0, 0.05) is 18.2 Å². The first-order valence-electron chi connectivity index (χ1n) is 9.53. The molecule has 4 aliphatic rings. The molecule has 0 saturated heterocycles. The summed E-state index contributed by atoms with van der Waals surface area (Å²) in [7, 11) is 1.88. The molecule has 0 aliphatic heterocycles. The first-order chi connectivity index (χ1) is 11.1. The maximum Gasteiger partial charge on any atom is 0.133 e. The van der Waals surface area contributed by atoms with Crippen molar-refractivity contribution >= 4 is 5.69 Å². The molecule has 0 heterocycles. The van der Waals surface area contributed by atoms with Gasteiger partial charge in [0.25, 0.3) is 0 Å². The molecule has 4 fully saturated rings. The Labute approximate surface area is 141 Å². The van der Waals surface area contributed by atoms with Gasteiger partial charge < -0.3 is 10.1 Å². The highest BCUT2D eigenvalue weighted by atomic mass is 16.5. The van der Waals surface area contributed by atoms with Crippen LogP contribution in [0.2, 0.25) is 0 Å². The zero-order valence-corrected chi connectivity index (χ0v) is 14.8. The quantitative estimate of drug-likeness (QED) is 0.709. The minimum atomic E-state index is 0.174. The summed E-state index contributed by atoms with van der Waals surface area (Å²) in [6.07, 6.45) is 8.48. The Kier molecular flexibility index (Phi) is 3.91. The monoisotopic (exact) mass is 313 g/mol. The summed E-state index contributed by atoms with van der Waals surface area (Å²) < 4.78 is 5.97. The molecule has 2 nitrogen and oxygen atoms in total. The average Bonchev–Trinajstić information content (AvgIpc) is 2.99. The van der Waals surface area contributed by atoms with E-state index < -0.39 is 0 Å². The SMILES string of the molecule is CCC(C)c1ccc(NC(OC)C23CC4CC(C2)C(C4)C3)cc1. The van der Waals surface area contributed by atoms with Crippen LogP contribution in [0, 0.1) is 23.2 Å². The molecule has 23 heavy (non-hydrogen) atoms. The third-order valence-electron chi connectivity index (χ3n) is 7.15. The number of hydrogen-bond acceptors (Lipinski definition) is 2. The topological polar surface area (TPSA) is 21.3 Å². The van der Waals surface area contributed by atoms with E-state index in [1.807, 2.05) is 7.11 Å². The van der Waals surface area contributed by atoms with Crippen molar-refractivity contribution in [3.63, 3.8) is 0 Å². The van der Waals surface area contributed by atoms with Crippen LogP contribution in [-0.2, 0) is 4.74 Å². The van der Waals surface area contributed by atoms with E-state index in [0.717, 1.165) is 17.8 Å². The van der Waals surface area contributed by atoms with Crippen molar-refractivity contribution in [3.8, 4) is 0 Å². The summed E-state index contributed by atoms with van der Waals surface area (Å²) in [6, 6.07) is 9.02. The molecule has 1 aromatic rings. The molecule has 4 unspecified atom stereocenters. The van der Waals surface area contributed by atoms with Gasteiger partial charge in [0.15, 0.2) is 0 Å². The van der Waals surface area contributed by atoms with Crippen LogP contribution < -0.4 is 5.32 Å². The second-order valence-corrected chi connectivity index (χ2v) is 8.52. The van der Waals surface area contributed by atoms with Gasteiger partial charge in [-0.2, -0.15) is 0 Å². The molecule has 0 aromatic heterocycles. The lowest BCUT2D eigenvalue weighted by Gasteiger charge is -2.44. The standard InChI is InChI=1S/C21H31NO/c1-4-14(2)16-5-7-19(8-6-16)22-20(23-3)21-11-15-9-17(12-21)18(10-15)13-21/h5-8,14-15,17-18,20,22H,4,9-13H2,1-3H3. The summed E-state index contributed by atoms with van der Waals surface area (Å²) in [5.74, 6) is 3.59. The molecule has 4 atom stereocenters. The molecule has 126 valence electrons. The Hall–Kier alpha value is -1.02. The Bertz CT molecular complexity index is 532. The minimum Gasteiger partial charge on any atom is -0.361 e. The molecule has 1 N–H and O–H groups in total. The lowest BCUT2D eigenvalue weighted by molar-refractivity contribution is -0.0275. The van der Waals surface area contributed by atoms with Crippen molar-refractivity contribution in [2.24, 2.45) is 23.2 Å². The van der Waals surface area contributed by atoms with Gasteiger partial charge in [-0.25, -0.2) is 0 Å². The molecule has 4 aliphatic carbocycles. The Morgan fingerprint density at radius 2 is 1.78 bits per heavy atom. The smallest absolute Gasteiger partial charge is 0.133 e. The normalized spacial score (nSPS) is 37.1. The van der Waals surface area contributed by atoms with Crippen molar-refractivity contribution in [1.29, 1.82) is 0 Å². The largest absolute Gasteiger partial charge is 0.361 e. The fraction of sp³-hybridized carbons (Fsp3) is 0.714. The van der Waals surface area contributed by atoms with Gasteiger partial charge in [0.05, 0.1) is 0 Å². The zero-order chi connectivity index (χ0) is 16.0. The van der Waals surface area contributed by atoms with E-state index in [1.165, 1.54) is 49.8 Å². The van der Waals surface area contributed by atoms with Crippen LogP contribution in [0.15, 0.2) is 24.3 Å². The van der Waals surface area contributed by atoms with Crippen molar-refractivity contribution in [2.75, 3.05) is 12.4 Å². The van der Waals surface area contributed by atoms with E-state index in [-0.39, 0.29) is 6.23 Å². The van der Waals surface area contributed by atoms with Crippen LogP contribution in [-0.4, -0.2) is 13.3 Å². The average molecular weight is 313 g/mol. The molecule has 2 heteroatoms. The third-order valence-corrected chi connectivity index (χ3v) is 7.15. The van der Waals surface area contributed by atoms with Gasteiger partial charge in [0.1, 0.15) is 6.23 Å². The van der Waals surface area contributed by atoms with Crippen molar-refractivity contribution < 1.29 is 4.74 Å². The van der Waals surface area contributed by atoms with E-state index in [4.69, 9.17) is 4.74 Å². The molecule has 0 spiro atoms. The fourth-order valence-electron chi connectivity index (χ4n) is 5.95. The molecule has 0 amide bonds. The van der Waals surface area contributed by atoms with Gasteiger partial charge in [-0.05, 0) is 79.9 Å². The lowest BCUT2D eigenvalue weighted by Crippen LogP contribution is -2.44. The highest BCUT2D eigenvalue weighted by molar-refractivity contribution is 5.46. The van der Waals surface area contributed by atoms with Crippen LogP contribution in [0.1, 0.15) is 63.9 Å². The van der Waals surface area contributed by atoms with E-state index in [2.05, 4.69) is 43.4 Å². The van der Waals surface area contributed by atoms with Crippen molar-refractivity contribution in [2.45, 2.75) is 64.5 Å². The molecule has 0 radical (unpaired) electrons. The van der Waals surface area contributed by atoms with Crippen LogP contribution in [0.4, 0.5) is 5.69 Å². The summed E-state index contributed by atoms with van der Waals surface area (Å²) in [5.41, 5.74) is 3.03. The van der Waals surface area contributed by atoms with E-state index in [0.29, 0.717) is 11.3 Å². The third kappa shape index (κ3) is 2.59. The molecular weight excluding hydrogens is 282 g/mol. The van der Waals surface area contributed by atoms with Crippen LogP contribution in [0.5, 0.6) is 0 Å². The summed E-state index contributed by atoms with van der Waals surface area (Å²) in [6.45, 7) is 4.55. The highest BCUT2D eigenvalue weighted by Gasteiger charge is 2.59. The minimum absolute atomic E-state index is 0.174. The van der Waals surface area contributed by atoms with Gasteiger partial charge in [-0.15, -0.1) is 0 Å². The van der Waals surface area contributed by atoms with Gasteiger partial charge in [-0.3, -0.25) is 0 Å². The van der Waals surface area contributed by atoms with Gasteiger partial charge in [0.2, 0.25) is 0 Å². The molecular formula is C21H31NO. The Morgan fingerprint density at radius 1 is 1.13 bits per heavy atom. The number of nitrogens with one attached hydrogen (secondary N) is 1. The first-order valence-corrected chi connectivity index (χ1v) is 9.53. The van der Waals surface area contributed by atoms with Crippen molar-refractivity contribution in [1.82, 2.24) is 0 Å². The van der Waals surface area contributed by atoms with Gasteiger partial charge >= 0.3 is 0 Å². The Balaban J connectivity index is 1.49. The Morgan fingerprint density at radius 3 is 2.30 bits per heavy atom. The first kappa shape index (κ1) is 15.5. The number of ether oxygens (including phenoxy) is 1. The number of methoxy groups -OCH3 is 1. The second kappa shape index (κ2) is 5.81. The predicted molar refractivity (Wildman–Crippen MR) is 95.6 cm³/mol. The fourth-order valence-corrected chi connectivity index (χ4v) is 5.95. The molecule has 1 aromatic carbocycles. The molecule has 4 saturated carbocycles. The van der Waals surface area contributed by atoms with E-state index in [9.17, 15) is 0 Å². The van der Waals surface area contributed by atoms with Crippen LogP contribution >= 0.6 is 0 Å². The zero-order valence-electron chi connectivity index (χ0n) is 14.8. The maximum atomic E-state index is 5.97. The lowest BCUT2D eigenvalue weighted by atomic mass is 9.68. The maximum absolute atomic E-state index is 5.97. The summed E-state index contributed by atoms with van der Waals surface area (Å²) in [5, 5.41) is 3.72. The highest BCUT2D eigenvalue weighted by Crippen LogP contribution is 2.65. The summed E-state index contributed by atoms with van der Waals surface area (Å²) in [4.78, 5) is 0. The van der Waals surface area contributed by atoms with Crippen LogP contribution in [0.3, 0.4) is 0 Å². The van der Waals surface area contributed by atoms with Crippen molar-refractivity contribution in [3.05, 3.63) is 29.8 Å². The number of hydrogen-bond donors (Lipinski definition) is 1.